The lowest BCUT2D eigenvalue weighted by atomic mass is 9.97. The number of nitrogens with zero attached hydrogens (tertiary/aromatic N) is 2. The van der Waals surface area contributed by atoms with E-state index in [-0.39, 0.29) is 11.8 Å². The monoisotopic (exact) mass is 250 g/mol. The lowest BCUT2D eigenvalue weighted by Crippen LogP contribution is -2.36. The van der Waals surface area contributed by atoms with Gasteiger partial charge in [-0.05, 0) is 12.8 Å². The van der Waals surface area contributed by atoms with E-state index in [0.717, 1.165) is 25.2 Å². The van der Waals surface area contributed by atoms with Gasteiger partial charge >= 0.3 is 0 Å². The van der Waals surface area contributed by atoms with Crippen LogP contribution in [0.5, 0.6) is 0 Å². The van der Waals surface area contributed by atoms with E-state index in [1.54, 1.807) is 6.20 Å². The number of imidazole rings is 1. The first kappa shape index (κ1) is 12.6. The van der Waals surface area contributed by atoms with Crippen molar-refractivity contribution in [3.8, 4) is 0 Å². The molecule has 0 spiro atoms. The van der Waals surface area contributed by atoms with Crippen LogP contribution in [0.3, 0.4) is 0 Å². The molecule has 1 aromatic heterocycles. The Bertz CT molecular complexity index is 416. The van der Waals surface area contributed by atoms with Crippen molar-refractivity contribution in [2.45, 2.75) is 25.8 Å². The predicted molar refractivity (Wildman–Crippen MR) is 65.7 cm³/mol. The second-order valence-electron chi connectivity index (χ2n) is 4.44. The summed E-state index contributed by atoms with van der Waals surface area (Å²) in [6, 6.07) is 0. The summed E-state index contributed by atoms with van der Waals surface area (Å²) in [4.78, 5) is 26.2. The largest absolute Gasteiger partial charge is 0.359 e. The van der Waals surface area contributed by atoms with Crippen LogP contribution in [0, 0.1) is 5.92 Å². The number of fused-ring (bicyclic) bond motifs is 1. The van der Waals surface area contributed by atoms with E-state index >= 15 is 0 Å². The Hall–Kier alpha value is -1.85. The summed E-state index contributed by atoms with van der Waals surface area (Å²) in [5.41, 5.74) is 0. The molecule has 0 radical (unpaired) electrons. The third-order valence-electron chi connectivity index (χ3n) is 3.20. The fourth-order valence-corrected chi connectivity index (χ4v) is 2.18. The van der Waals surface area contributed by atoms with Crippen molar-refractivity contribution >= 4 is 12.3 Å². The lowest BCUT2D eigenvalue weighted by Gasteiger charge is -2.22. The van der Waals surface area contributed by atoms with E-state index in [1.807, 2.05) is 6.20 Å². The summed E-state index contributed by atoms with van der Waals surface area (Å²) in [5.74, 6) is 1.11. The number of hydrogen-bond donors (Lipinski definition) is 2. The van der Waals surface area contributed by atoms with Gasteiger partial charge in [-0.1, -0.05) is 0 Å². The number of carbonyl (C=O) groups excluding carboxylic acids is 2. The van der Waals surface area contributed by atoms with Gasteiger partial charge in [-0.2, -0.15) is 0 Å². The number of aryl methyl sites for hydroxylation is 1. The molecular formula is C12H18N4O2. The van der Waals surface area contributed by atoms with Crippen LogP contribution in [0.2, 0.25) is 0 Å². The molecule has 2 amide bonds. The predicted octanol–water partition coefficient (Wildman–Crippen LogP) is -0.302. The van der Waals surface area contributed by atoms with Gasteiger partial charge in [-0.3, -0.25) is 9.59 Å². The van der Waals surface area contributed by atoms with Crippen LogP contribution < -0.4 is 10.6 Å². The molecule has 1 aromatic rings. The Kier molecular flexibility index (Phi) is 4.33. The zero-order valence-corrected chi connectivity index (χ0v) is 10.3. The molecule has 1 aliphatic rings. The SMILES string of the molecule is O=CNCCCNC(=O)C1CCn2ccnc2C1. The standard InChI is InChI=1S/C12H18N4O2/c17-9-13-3-1-4-15-12(18)10-2-6-16-7-5-14-11(16)8-10/h5,7,9-10H,1-4,6,8H2,(H,13,17)(H,15,18). The molecule has 0 saturated carbocycles. The highest BCUT2D eigenvalue weighted by atomic mass is 16.2. The normalized spacial score (nSPS) is 17.9. The maximum absolute atomic E-state index is 11.9. The Morgan fingerprint density at radius 1 is 1.56 bits per heavy atom. The van der Waals surface area contributed by atoms with E-state index in [4.69, 9.17) is 0 Å². The molecule has 0 saturated heterocycles. The molecule has 6 heteroatoms. The Labute approximate surface area is 106 Å². The van der Waals surface area contributed by atoms with Crippen LogP contribution in [0.15, 0.2) is 12.4 Å². The van der Waals surface area contributed by atoms with E-state index in [1.165, 1.54) is 0 Å². The van der Waals surface area contributed by atoms with Crippen molar-refractivity contribution in [2.24, 2.45) is 5.92 Å². The highest BCUT2D eigenvalue weighted by molar-refractivity contribution is 5.78. The van der Waals surface area contributed by atoms with Gasteiger partial charge in [0.1, 0.15) is 5.82 Å². The van der Waals surface area contributed by atoms with E-state index < -0.39 is 0 Å². The van der Waals surface area contributed by atoms with E-state index in [9.17, 15) is 9.59 Å². The Balaban J connectivity index is 1.72. The average Bonchev–Trinajstić information content (AvgIpc) is 2.85. The molecule has 0 aromatic carbocycles. The Morgan fingerprint density at radius 3 is 3.28 bits per heavy atom. The molecule has 98 valence electrons. The first-order valence-electron chi connectivity index (χ1n) is 6.26. The first-order chi connectivity index (χ1) is 8.81. The third-order valence-corrected chi connectivity index (χ3v) is 3.20. The second-order valence-corrected chi connectivity index (χ2v) is 4.44. The third kappa shape index (κ3) is 3.09. The molecule has 18 heavy (non-hydrogen) atoms. The summed E-state index contributed by atoms with van der Waals surface area (Å²) in [6.45, 7) is 2.06. The number of hydrogen-bond acceptors (Lipinski definition) is 3. The summed E-state index contributed by atoms with van der Waals surface area (Å²) in [7, 11) is 0. The minimum Gasteiger partial charge on any atom is -0.359 e. The van der Waals surface area contributed by atoms with E-state index in [0.29, 0.717) is 25.9 Å². The molecule has 0 bridgehead atoms. The molecular weight excluding hydrogens is 232 g/mol. The number of nitrogens with one attached hydrogen (secondary N) is 2. The van der Waals surface area contributed by atoms with E-state index in [2.05, 4.69) is 20.2 Å². The summed E-state index contributed by atoms with van der Waals surface area (Å²) < 4.78 is 2.10. The van der Waals surface area contributed by atoms with Gasteiger partial charge in [0.05, 0.1) is 0 Å². The topological polar surface area (TPSA) is 76.0 Å². The van der Waals surface area contributed by atoms with Gasteiger partial charge in [0.2, 0.25) is 12.3 Å². The average molecular weight is 250 g/mol. The molecule has 0 fully saturated rings. The van der Waals surface area contributed by atoms with Crippen LogP contribution in [-0.4, -0.2) is 35.0 Å². The van der Waals surface area contributed by atoms with Gasteiger partial charge in [-0.25, -0.2) is 4.98 Å². The fraction of sp³-hybridized carbons (Fsp3) is 0.583. The van der Waals surface area contributed by atoms with Crippen molar-refractivity contribution in [1.29, 1.82) is 0 Å². The van der Waals surface area contributed by atoms with Gasteiger partial charge in [0.15, 0.2) is 0 Å². The lowest BCUT2D eigenvalue weighted by molar-refractivity contribution is -0.125. The molecule has 0 aliphatic carbocycles. The smallest absolute Gasteiger partial charge is 0.223 e. The number of carbonyl (C=O) groups is 2. The molecule has 1 unspecified atom stereocenters. The van der Waals surface area contributed by atoms with Crippen LogP contribution >= 0.6 is 0 Å². The molecule has 6 nitrogen and oxygen atoms in total. The van der Waals surface area contributed by atoms with Crippen molar-refractivity contribution in [1.82, 2.24) is 20.2 Å². The number of amides is 2. The molecule has 2 heterocycles. The van der Waals surface area contributed by atoms with Crippen molar-refractivity contribution in [3.63, 3.8) is 0 Å². The summed E-state index contributed by atoms with van der Waals surface area (Å²) in [6.07, 6.45) is 6.73. The summed E-state index contributed by atoms with van der Waals surface area (Å²) >= 11 is 0. The van der Waals surface area contributed by atoms with Crippen molar-refractivity contribution < 1.29 is 9.59 Å². The van der Waals surface area contributed by atoms with Crippen LogP contribution in [0.4, 0.5) is 0 Å². The van der Waals surface area contributed by atoms with Gasteiger partial charge in [0.25, 0.3) is 0 Å². The maximum atomic E-state index is 11.9. The van der Waals surface area contributed by atoms with Gasteiger partial charge in [-0.15, -0.1) is 0 Å². The highest BCUT2D eigenvalue weighted by Gasteiger charge is 2.24. The minimum absolute atomic E-state index is 0.0268. The minimum atomic E-state index is 0.0268. The maximum Gasteiger partial charge on any atom is 0.223 e. The molecule has 1 atom stereocenters. The second kappa shape index (κ2) is 6.18. The Morgan fingerprint density at radius 2 is 2.44 bits per heavy atom. The van der Waals surface area contributed by atoms with Crippen molar-refractivity contribution in [3.05, 3.63) is 18.2 Å². The van der Waals surface area contributed by atoms with Gasteiger partial charge < -0.3 is 15.2 Å². The van der Waals surface area contributed by atoms with Crippen molar-refractivity contribution in [2.75, 3.05) is 13.1 Å². The van der Waals surface area contributed by atoms with Crippen LogP contribution in [0.25, 0.3) is 0 Å². The number of rotatable bonds is 6. The zero-order valence-electron chi connectivity index (χ0n) is 10.3. The molecule has 2 N–H and O–H groups in total. The zero-order chi connectivity index (χ0) is 12.8. The first-order valence-corrected chi connectivity index (χ1v) is 6.26. The van der Waals surface area contributed by atoms with Crippen LogP contribution in [0.1, 0.15) is 18.7 Å². The highest BCUT2D eigenvalue weighted by Crippen LogP contribution is 2.18. The molecule has 2 rings (SSSR count). The molecule has 1 aliphatic heterocycles. The fourth-order valence-electron chi connectivity index (χ4n) is 2.18. The number of aromatic nitrogens is 2. The quantitative estimate of drug-likeness (QED) is 0.537. The van der Waals surface area contributed by atoms with Gasteiger partial charge in [0, 0.05) is 44.4 Å². The van der Waals surface area contributed by atoms with Crippen LogP contribution in [-0.2, 0) is 22.6 Å². The summed E-state index contributed by atoms with van der Waals surface area (Å²) in [5, 5.41) is 5.47.